The molecule has 0 radical (unpaired) electrons. The number of carbonyl (C=O) groups is 6. The number of anilines is 2. The molecule has 322 valence electrons. The molecule has 4 atom stereocenters. The third-order valence-corrected chi connectivity index (χ3v) is 14.3. The topological polar surface area (TPSA) is 299 Å². The number of hydrogen-bond donors (Lipinski definition) is 11. The van der Waals surface area contributed by atoms with Gasteiger partial charge in [0.05, 0.1) is 79.4 Å². The molecule has 58 heavy (non-hydrogen) atoms. The molecule has 0 heterocycles. The highest BCUT2D eigenvalue weighted by molar-refractivity contribution is 14.1. The average molecular weight is 1490 g/mol. The highest BCUT2D eigenvalue weighted by atomic mass is 127. The van der Waals surface area contributed by atoms with Crippen molar-refractivity contribution in [1.82, 2.24) is 20.4 Å². The molecule has 11 N–H and O–H groups in total. The van der Waals surface area contributed by atoms with Crippen LogP contribution in [0.5, 0.6) is 0 Å². The Kier molecular flexibility index (Phi) is 22.4. The van der Waals surface area contributed by atoms with Gasteiger partial charge in [0.15, 0.2) is 0 Å². The predicted octanol–water partition coefficient (Wildman–Crippen LogP) is 0.324. The third-order valence-electron chi connectivity index (χ3n) is 7.85. The van der Waals surface area contributed by atoms with Gasteiger partial charge in [-0.2, -0.15) is 0 Å². The van der Waals surface area contributed by atoms with Crippen LogP contribution in [-0.4, -0.2) is 165 Å². The molecule has 0 aliphatic carbocycles. The summed E-state index contributed by atoms with van der Waals surface area (Å²) < 4.78 is 1.16. The van der Waals surface area contributed by atoms with Crippen LogP contribution in [0.15, 0.2) is 0 Å². The van der Waals surface area contributed by atoms with Crippen LogP contribution >= 0.6 is 136 Å². The monoisotopic (exact) mass is 1490 g/mol. The first kappa shape index (κ1) is 53.5. The summed E-state index contributed by atoms with van der Waals surface area (Å²) in [6.45, 7) is -0.166. The second-order valence-electron chi connectivity index (χ2n) is 12.6. The molecule has 0 aliphatic heterocycles. The second-order valence-corrected chi connectivity index (χ2v) is 19.1. The molecule has 0 spiro atoms. The molecule has 2 aromatic rings. The van der Waals surface area contributed by atoms with Gasteiger partial charge in [0.2, 0.25) is 0 Å². The third kappa shape index (κ3) is 13.7. The number of rotatable bonds is 18. The number of carbonyl (C=O) groups excluding carboxylic acids is 6. The van der Waals surface area contributed by atoms with E-state index in [1.54, 1.807) is 90.4 Å². The van der Waals surface area contributed by atoms with E-state index in [1.165, 1.54) is 27.9 Å². The molecule has 2 rings (SSSR count). The number of aliphatic hydroxyl groups is 7. The predicted molar refractivity (Wildman–Crippen MR) is 261 cm³/mol. The van der Waals surface area contributed by atoms with Gasteiger partial charge in [-0.15, -0.1) is 0 Å². The molecule has 0 aliphatic rings. The molecule has 25 heteroatoms. The molecule has 4 unspecified atom stereocenters. The highest BCUT2D eigenvalue weighted by Gasteiger charge is 2.33. The minimum atomic E-state index is -1.45. The molecule has 0 saturated heterocycles. The Bertz CT molecular complexity index is 1790. The van der Waals surface area contributed by atoms with Gasteiger partial charge < -0.3 is 66.8 Å². The number of nitrogens with one attached hydrogen (secondary N) is 4. The van der Waals surface area contributed by atoms with Gasteiger partial charge in [-0.1, -0.05) is 0 Å². The van der Waals surface area contributed by atoms with Gasteiger partial charge in [0, 0.05) is 47.4 Å². The second kappa shape index (κ2) is 24.3. The van der Waals surface area contributed by atoms with Gasteiger partial charge >= 0.3 is 0 Å². The first-order valence-electron chi connectivity index (χ1n) is 16.6. The molecule has 0 fully saturated rings. The van der Waals surface area contributed by atoms with Crippen molar-refractivity contribution >= 4 is 182 Å². The molecule has 6 amide bonds. The van der Waals surface area contributed by atoms with Crippen molar-refractivity contribution in [3.63, 3.8) is 0 Å². The number of amides is 6. The summed E-state index contributed by atoms with van der Waals surface area (Å²) in [5.41, 5.74) is -0.0712. The first-order valence-corrected chi connectivity index (χ1v) is 23.1. The summed E-state index contributed by atoms with van der Waals surface area (Å²) in [6, 6.07) is 0. The van der Waals surface area contributed by atoms with Crippen molar-refractivity contribution in [2.24, 2.45) is 0 Å². The number of aliphatic hydroxyl groups excluding tert-OH is 7. The smallest absolute Gasteiger partial charge is 0.255 e. The Morgan fingerprint density at radius 2 is 0.810 bits per heavy atom. The summed E-state index contributed by atoms with van der Waals surface area (Å²) in [4.78, 5) is 82.3. The largest absolute Gasteiger partial charge is 0.394 e. The van der Waals surface area contributed by atoms with E-state index in [0.717, 1.165) is 9.80 Å². The minimum absolute atomic E-state index is 0.0402. The summed E-state index contributed by atoms with van der Waals surface area (Å²) in [7, 11) is 2.73. The van der Waals surface area contributed by atoms with E-state index in [0.29, 0.717) is 0 Å². The van der Waals surface area contributed by atoms with E-state index in [4.69, 9.17) is 0 Å². The van der Waals surface area contributed by atoms with Crippen LogP contribution in [-0.2, 0) is 9.59 Å². The Labute approximate surface area is 414 Å². The van der Waals surface area contributed by atoms with Gasteiger partial charge in [0.1, 0.15) is 12.2 Å². The van der Waals surface area contributed by atoms with Gasteiger partial charge in [-0.25, -0.2) is 0 Å². The standard InChI is InChI=1S/C33H40I6N6O13/c1-11(48)28(53)42-26-22(36)16(30(55)40-5-13(50)9-46)20(34)18(24(26)38)32(57)44(3)7-15(52)8-45(4)33(58)19-21(35)17(31(56)41-6-14(51)10-47)23(37)27(25(19)39)43-29(54)12(2)49/h11-15,46-52H,5-10H2,1-4H3,(H,40,55)(H,41,56)(H,42,53)(H,43,54). The number of halogens is 6. The quantitative estimate of drug-likeness (QED) is 0.0899. The van der Waals surface area contributed by atoms with Crippen molar-refractivity contribution in [1.29, 1.82) is 0 Å². The number of nitrogens with zero attached hydrogens (tertiary/aromatic N) is 2. The summed E-state index contributed by atoms with van der Waals surface area (Å²) >= 11 is 10.8. The zero-order valence-electron chi connectivity index (χ0n) is 30.9. The van der Waals surface area contributed by atoms with Crippen LogP contribution in [0.25, 0.3) is 0 Å². The van der Waals surface area contributed by atoms with Crippen molar-refractivity contribution in [2.45, 2.75) is 44.4 Å². The average Bonchev–Trinajstić information content (AvgIpc) is 3.15. The maximum Gasteiger partial charge on any atom is 0.255 e. The maximum atomic E-state index is 14.1. The molecule has 0 bridgehead atoms. The first-order chi connectivity index (χ1) is 26.9. The van der Waals surface area contributed by atoms with Crippen LogP contribution in [0.2, 0.25) is 0 Å². The van der Waals surface area contributed by atoms with Crippen LogP contribution in [0.4, 0.5) is 11.4 Å². The van der Waals surface area contributed by atoms with Crippen molar-refractivity contribution in [3.8, 4) is 0 Å². The summed E-state index contributed by atoms with van der Waals surface area (Å²) in [6.07, 6.45) is -6.82. The number of likely N-dealkylation sites (N-methyl/N-ethyl adjacent to an activating group) is 2. The van der Waals surface area contributed by atoms with E-state index in [1.807, 2.05) is 45.2 Å². The normalized spacial score (nSPS) is 13.7. The van der Waals surface area contributed by atoms with E-state index < -0.39 is 79.2 Å². The Morgan fingerprint density at radius 1 is 0.517 bits per heavy atom. The van der Waals surface area contributed by atoms with Crippen LogP contribution in [0, 0.1) is 21.4 Å². The van der Waals surface area contributed by atoms with Crippen LogP contribution < -0.4 is 21.3 Å². The van der Waals surface area contributed by atoms with E-state index in [2.05, 4.69) is 21.3 Å². The molecule has 19 nitrogen and oxygen atoms in total. The molecular formula is C33H40I6N6O13. The SMILES string of the molecule is CC(O)C(=O)Nc1c(I)c(C(=O)NCC(O)CO)c(I)c(C(=O)N(C)CC(O)CN(C)C(=O)c2c(I)c(NC(=O)C(C)O)c(I)c(C(=O)NCC(O)CO)c2I)c1I. The lowest BCUT2D eigenvalue weighted by Gasteiger charge is -2.28. The van der Waals surface area contributed by atoms with Gasteiger partial charge in [-0.3, -0.25) is 28.8 Å². The summed E-state index contributed by atoms with van der Waals surface area (Å²) in [5, 5.41) is 79.0. The number of benzene rings is 2. The van der Waals surface area contributed by atoms with E-state index in [9.17, 15) is 64.5 Å². The van der Waals surface area contributed by atoms with Crippen molar-refractivity contribution < 1.29 is 64.5 Å². The minimum Gasteiger partial charge on any atom is -0.394 e. The van der Waals surface area contributed by atoms with Crippen LogP contribution in [0.3, 0.4) is 0 Å². The zero-order valence-corrected chi connectivity index (χ0v) is 43.8. The van der Waals surface area contributed by atoms with Crippen molar-refractivity contribution in [2.75, 3.05) is 64.1 Å². The van der Waals surface area contributed by atoms with Crippen LogP contribution in [0.1, 0.15) is 55.3 Å². The zero-order chi connectivity index (χ0) is 44.5. The maximum absolute atomic E-state index is 14.1. The fourth-order valence-corrected chi connectivity index (χ4v) is 13.5. The fourth-order valence-electron chi connectivity index (χ4n) is 4.74. The lowest BCUT2D eigenvalue weighted by Crippen LogP contribution is -2.43. The lowest BCUT2D eigenvalue weighted by atomic mass is 10.1. The molecule has 0 aromatic heterocycles. The number of hydrogen-bond acceptors (Lipinski definition) is 13. The Hall–Kier alpha value is -0.640. The molecular weight excluding hydrogens is 1450 g/mol. The van der Waals surface area contributed by atoms with E-state index in [-0.39, 0.29) is 81.2 Å². The Morgan fingerprint density at radius 3 is 1.09 bits per heavy atom. The molecule has 0 saturated carbocycles. The lowest BCUT2D eigenvalue weighted by molar-refractivity contribution is -0.123. The highest BCUT2D eigenvalue weighted by Crippen LogP contribution is 2.38. The van der Waals surface area contributed by atoms with E-state index >= 15 is 0 Å². The Balaban J connectivity index is 2.53. The summed E-state index contributed by atoms with van der Waals surface area (Å²) in [5.74, 6) is -4.51. The fraction of sp³-hybridized carbons (Fsp3) is 0.455. The van der Waals surface area contributed by atoms with Gasteiger partial charge in [-0.05, 0) is 149 Å². The molecule has 2 aromatic carbocycles. The van der Waals surface area contributed by atoms with Crippen molar-refractivity contribution in [3.05, 3.63) is 43.7 Å². The van der Waals surface area contributed by atoms with Gasteiger partial charge in [0.25, 0.3) is 35.4 Å².